The molecular weight excluding hydrogens is 241 g/mol. The van der Waals surface area contributed by atoms with Crippen molar-refractivity contribution >= 4 is 17.7 Å². The maximum atomic E-state index is 11.7. The minimum absolute atomic E-state index is 0.0785. The molecule has 0 aromatic heterocycles. The number of nitrogens with one attached hydrogen (secondary N) is 1. The van der Waals surface area contributed by atoms with Crippen LogP contribution in [0, 0.1) is 17.2 Å². The third kappa shape index (κ3) is 7.40. The van der Waals surface area contributed by atoms with Crippen LogP contribution in [0.3, 0.4) is 0 Å². The maximum Gasteiger partial charge on any atom is 0.441 e. The lowest BCUT2D eigenvalue weighted by Crippen LogP contribution is -2.32. The Bertz CT molecular complexity index is 262. The molecule has 1 atom stereocenters. The molecule has 3 nitrogen and oxygen atoms in total. The van der Waals surface area contributed by atoms with Crippen molar-refractivity contribution in [1.82, 2.24) is 5.32 Å². The third-order valence-corrected chi connectivity index (χ3v) is 2.45. The molecule has 0 heterocycles. The molecule has 0 fully saturated rings. The highest BCUT2D eigenvalue weighted by Gasteiger charge is 2.27. The Labute approximate surface area is 96.4 Å². The topological polar surface area (TPSA) is 52.9 Å². The minimum Gasteiger partial charge on any atom is -0.354 e. The van der Waals surface area contributed by atoms with Crippen molar-refractivity contribution in [2.75, 3.05) is 12.3 Å². The Hall–Kier alpha value is -0.900. The van der Waals surface area contributed by atoms with Crippen LogP contribution in [0.25, 0.3) is 0 Å². The van der Waals surface area contributed by atoms with Crippen LogP contribution in [0.2, 0.25) is 0 Å². The molecule has 16 heavy (non-hydrogen) atoms. The number of carbonyl (C=O) groups excluding carboxylic acids is 1. The second kappa shape index (κ2) is 7.39. The average Bonchev–Trinajstić information content (AvgIpc) is 2.19. The lowest BCUT2D eigenvalue weighted by atomic mass is 10.1. The number of halogens is 3. The number of rotatable bonds is 6. The fraction of sp³-hybridized carbons (Fsp3) is 0.778. The van der Waals surface area contributed by atoms with E-state index in [-0.39, 0.29) is 24.1 Å². The molecule has 0 saturated carbocycles. The molecule has 0 aliphatic carbocycles. The summed E-state index contributed by atoms with van der Waals surface area (Å²) in [5.74, 6) is -1.49. The summed E-state index contributed by atoms with van der Waals surface area (Å²) < 4.78 is 35.2. The highest BCUT2D eigenvalue weighted by atomic mass is 32.2. The molecule has 0 aliphatic rings. The molecule has 7 heteroatoms. The van der Waals surface area contributed by atoms with Gasteiger partial charge in [0.15, 0.2) is 0 Å². The molecule has 0 aromatic rings. The zero-order chi connectivity index (χ0) is 12.6. The average molecular weight is 254 g/mol. The van der Waals surface area contributed by atoms with Gasteiger partial charge in [-0.2, -0.15) is 18.4 Å². The first kappa shape index (κ1) is 15.1. The van der Waals surface area contributed by atoms with Crippen LogP contribution in [0.4, 0.5) is 13.2 Å². The van der Waals surface area contributed by atoms with Crippen LogP contribution in [0.15, 0.2) is 0 Å². The summed E-state index contributed by atoms with van der Waals surface area (Å²) in [6.07, 6.45) is 1.11. The summed E-state index contributed by atoms with van der Waals surface area (Å²) in [6, 6.07) is 1.82. The smallest absolute Gasteiger partial charge is 0.354 e. The molecule has 0 aromatic carbocycles. The fourth-order valence-electron chi connectivity index (χ4n) is 1.01. The molecule has 0 radical (unpaired) electrons. The molecule has 92 valence electrons. The summed E-state index contributed by atoms with van der Waals surface area (Å²) in [6.45, 7) is 1.75. The van der Waals surface area contributed by atoms with E-state index in [1.807, 2.05) is 13.0 Å². The van der Waals surface area contributed by atoms with Crippen LogP contribution in [0.1, 0.15) is 19.8 Å². The predicted molar refractivity (Wildman–Crippen MR) is 55.5 cm³/mol. The first-order valence-corrected chi connectivity index (χ1v) is 5.77. The van der Waals surface area contributed by atoms with Gasteiger partial charge in [-0.15, -0.1) is 0 Å². The van der Waals surface area contributed by atoms with E-state index in [4.69, 9.17) is 5.26 Å². The molecule has 0 spiro atoms. The van der Waals surface area contributed by atoms with Gasteiger partial charge >= 0.3 is 5.51 Å². The molecule has 0 aliphatic heterocycles. The number of hydrogen-bond acceptors (Lipinski definition) is 3. The zero-order valence-electron chi connectivity index (χ0n) is 8.80. The van der Waals surface area contributed by atoms with E-state index in [9.17, 15) is 18.0 Å². The monoisotopic (exact) mass is 254 g/mol. The molecule has 0 saturated heterocycles. The molecule has 1 amide bonds. The number of carbonyl (C=O) groups is 1. The van der Waals surface area contributed by atoms with E-state index >= 15 is 0 Å². The summed E-state index contributed by atoms with van der Waals surface area (Å²) >= 11 is -0.189. The summed E-state index contributed by atoms with van der Waals surface area (Å²) in [5, 5.41) is 10.9. The number of thioether (sulfide) groups is 1. The first-order chi connectivity index (χ1) is 7.40. The number of nitrogens with zero attached hydrogens (tertiary/aromatic N) is 1. The highest BCUT2D eigenvalue weighted by Crippen LogP contribution is 2.29. The standard InChI is InChI=1S/C9H13F3N2OS/c1-2-3-7(6-13)8(15)14-4-5-16-9(10,11)12/h7H,2-5H2,1H3,(H,14,15). The summed E-state index contributed by atoms with van der Waals surface area (Å²) in [5.41, 5.74) is -4.28. The van der Waals surface area contributed by atoms with Gasteiger partial charge in [-0.3, -0.25) is 4.79 Å². The van der Waals surface area contributed by atoms with Crippen LogP contribution in [0.5, 0.6) is 0 Å². The Kier molecular flexibility index (Phi) is 6.97. The number of alkyl halides is 3. The normalized spacial score (nSPS) is 12.9. The largest absolute Gasteiger partial charge is 0.441 e. The van der Waals surface area contributed by atoms with E-state index in [2.05, 4.69) is 5.32 Å². The number of nitriles is 1. The first-order valence-electron chi connectivity index (χ1n) is 4.78. The van der Waals surface area contributed by atoms with Gasteiger partial charge in [-0.1, -0.05) is 13.3 Å². The molecule has 1 N–H and O–H groups in total. The van der Waals surface area contributed by atoms with Crippen molar-refractivity contribution in [3.63, 3.8) is 0 Å². The van der Waals surface area contributed by atoms with Gasteiger partial charge in [0.2, 0.25) is 5.91 Å². The van der Waals surface area contributed by atoms with Crippen molar-refractivity contribution in [3.05, 3.63) is 0 Å². The Morgan fingerprint density at radius 3 is 2.62 bits per heavy atom. The van der Waals surface area contributed by atoms with Crippen LogP contribution in [-0.2, 0) is 4.79 Å². The lowest BCUT2D eigenvalue weighted by Gasteiger charge is -2.09. The van der Waals surface area contributed by atoms with E-state index in [1.165, 1.54) is 0 Å². The SMILES string of the molecule is CCCC(C#N)C(=O)NCCSC(F)(F)F. The van der Waals surface area contributed by atoms with Gasteiger partial charge in [0.1, 0.15) is 5.92 Å². The van der Waals surface area contributed by atoms with Crippen LogP contribution in [-0.4, -0.2) is 23.7 Å². The third-order valence-electron chi connectivity index (χ3n) is 1.72. The van der Waals surface area contributed by atoms with E-state index in [0.29, 0.717) is 12.8 Å². The van der Waals surface area contributed by atoms with Gasteiger partial charge in [0.05, 0.1) is 6.07 Å². The van der Waals surface area contributed by atoms with E-state index in [0.717, 1.165) is 0 Å². The summed E-state index contributed by atoms with van der Waals surface area (Å²) in [7, 11) is 0. The van der Waals surface area contributed by atoms with Gasteiger partial charge in [0, 0.05) is 12.3 Å². The lowest BCUT2D eigenvalue weighted by molar-refractivity contribution is -0.123. The van der Waals surface area contributed by atoms with Crippen molar-refractivity contribution in [1.29, 1.82) is 5.26 Å². The Balaban J connectivity index is 3.77. The van der Waals surface area contributed by atoms with Gasteiger partial charge in [0.25, 0.3) is 0 Å². The van der Waals surface area contributed by atoms with Gasteiger partial charge in [-0.25, -0.2) is 0 Å². The Morgan fingerprint density at radius 2 is 2.19 bits per heavy atom. The Morgan fingerprint density at radius 1 is 1.56 bits per heavy atom. The molecular formula is C9H13F3N2OS. The van der Waals surface area contributed by atoms with E-state index in [1.54, 1.807) is 0 Å². The molecule has 0 bridgehead atoms. The van der Waals surface area contributed by atoms with Crippen molar-refractivity contribution < 1.29 is 18.0 Å². The van der Waals surface area contributed by atoms with Crippen molar-refractivity contribution in [3.8, 4) is 6.07 Å². The summed E-state index contributed by atoms with van der Waals surface area (Å²) in [4.78, 5) is 11.3. The van der Waals surface area contributed by atoms with Crippen molar-refractivity contribution in [2.24, 2.45) is 5.92 Å². The minimum atomic E-state index is -4.28. The molecule has 1 unspecified atom stereocenters. The zero-order valence-corrected chi connectivity index (χ0v) is 9.62. The fourth-order valence-corrected chi connectivity index (χ4v) is 1.44. The predicted octanol–water partition coefficient (Wildman–Crippen LogP) is 2.30. The van der Waals surface area contributed by atoms with Crippen LogP contribution >= 0.6 is 11.8 Å². The van der Waals surface area contributed by atoms with Gasteiger partial charge in [-0.05, 0) is 18.2 Å². The molecule has 0 rings (SSSR count). The van der Waals surface area contributed by atoms with E-state index < -0.39 is 17.3 Å². The number of amides is 1. The second-order valence-electron chi connectivity index (χ2n) is 3.06. The van der Waals surface area contributed by atoms with Crippen molar-refractivity contribution in [2.45, 2.75) is 25.3 Å². The quantitative estimate of drug-likeness (QED) is 0.740. The second-order valence-corrected chi connectivity index (χ2v) is 4.22. The number of hydrogen-bond donors (Lipinski definition) is 1. The highest BCUT2D eigenvalue weighted by molar-refractivity contribution is 8.00. The van der Waals surface area contributed by atoms with Gasteiger partial charge < -0.3 is 5.32 Å². The van der Waals surface area contributed by atoms with Crippen LogP contribution < -0.4 is 5.32 Å². The maximum absolute atomic E-state index is 11.7.